The molecule has 0 spiro atoms. The zero-order valence-corrected chi connectivity index (χ0v) is 13.0. The van der Waals surface area contributed by atoms with E-state index in [1.54, 1.807) is 0 Å². The molecule has 0 aliphatic carbocycles. The summed E-state index contributed by atoms with van der Waals surface area (Å²) < 4.78 is 5.58. The highest BCUT2D eigenvalue weighted by Gasteiger charge is 2.08. The van der Waals surface area contributed by atoms with Gasteiger partial charge in [0.15, 0.2) is 0 Å². The first-order valence-corrected chi connectivity index (χ1v) is 7.17. The molecule has 0 amide bonds. The Morgan fingerprint density at radius 3 is 2.33 bits per heavy atom. The quantitative estimate of drug-likeness (QED) is 0.848. The molecular weight excluding hydrogens is 264 g/mol. The molecule has 0 atom stereocenters. The van der Waals surface area contributed by atoms with Gasteiger partial charge in [-0.1, -0.05) is 6.92 Å². The van der Waals surface area contributed by atoms with Crippen LogP contribution < -0.4 is 15.4 Å². The molecule has 0 aliphatic rings. The molecule has 0 unspecified atom stereocenters. The standard InChI is InChI=1S/C16H22N4O/c1-5-10-21-14-8-6-13(7-9-14)20-16-11(2)15(17-4)18-12(3)19-16/h6-9H,5,10H2,1-4H3,(H2,17,18,19,20). The maximum atomic E-state index is 5.58. The molecule has 21 heavy (non-hydrogen) atoms. The molecule has 0 aliphatic heterocycles. The van der Waals surface area contributed by atoms with Crippen molar-refractivity contribution in [3.8, 4) is 5.75 Å². The first-order valence-electron chi connectivity index (χ1n) is 7.17. The van der Waals surface area contributed by atoms with Crippen LogP contribution in [0.25, 0.3) is 0 Å². The molecule has 5 heteroatoms. The predicted molar refractivity (Wildman–Crippen MR) is 86.6 cm³/mol. The molecule has 0 saturated carbocycles. The van der Waals surface area contributed by atoms with Crippen LogP contribution >= 0.6 is 0 Å². The number of hydrogen-bond donors (Lipinski definition) is 2. The minimum atomic E-state index is 0.732. The van der Waals surface area contributed by atoms with E-state index >= 15 is 0 Å². The van der Waals surface area contributed by atoms with Gasteiger partial charge < -0.3 is 15.4 Å². The van der Waals surface area contributed by atoms with Crippen LogP contribution in [0.3, 0.4) is 0 Å². The Labute approximate surface area is 125 Å². The van der Waals surface area contributed by atoms with Crippen LogP contribution in [0.4, 0.5) is 17.3 Å². The molecule has 1 heterocycles. The van der Waals surface area contributed by atoms with Crippen molar-refractivity contribution in [3.63, 3.8) is 0 Å². The van der Waals surface area contributed by atoms with E-state index in [0.717, 1.165) is 47.5 Å². The Morgan fingerprint density at radius 2 is 1.71 bits per heavy atom. The van der Waals surface area contributed by atoms with Crippen molar-refractivity contribution in [2.24, 2.45) is 0 Å². The van der Waals surface area contributed by atoms with Crippen LogP contribution in [-0.2, 0) is 0 Å². The molecule has 0 bridgehead atoms. The molecule has 5 nitrogen and oxygen atoms in total. The predicted octanol–water partition coefficient (Wildman–Crippen LogP) is 3.67. The summed E-state index contributed by atoms with van der Waals surface area (Å²) in [5, 5.41) is 6.41. The number of anilines is 3. The fourth-order valence-corrected chi connectivity index (χ4v) is 1.98. The summed E-state index contributed by atoms with van der Waals surface area (Å²) >= 11 is 0. The minimum absolute atomic E-state index is 0.732. The number of hydrogen-bond acceptors (Lipinski definition) is 5. The molecule has 1 aromatic heterocycles. The third-order valence-corrected chi connectivity index (χ3v) is 3.08. The summed E-state index contributed by atoms with van der Waals surface area (Å²) in [6, 6.07) is 7.89. The second kappa shape index (κ2) is 6.92. The van der Waals surface area contributed by atoms with E-state index in [-0.39, 0.29) is 0 Å². The molecular formula is C16H22N4O. The van der Waals surface area contributed by atoms with E-state index in [9.17, 15) is 0 Å². The van der Waals surface area contributed by atoms with Gasteiger partial charge in [0.25, 0.3) is 0 Å². The fourth-order valence-electron chi connectivity index (χ4n) is 1.98. The van der Waals surface area contributed by atoms with E-state index in [1.165, 1.54) is 0 Å². The second-order valence-electron chi connectivity index (χ2n) is 4.84. The van der Waals surface area contributed by atoms with Crippen molar-refractivity contribution in [2.75, 3.05) is 24.3 Å². The number of nitrogens with one attached hydrogen (secondary N) is 2. The van der Waals surface area contributed by atoms with Gasteiger partial charge in [-0.15, -0.1) is 0 Å². The minimum Gasteiger partial charge on any atom is -0.494 e. The van der Waals surface area contributed by atoms with Gasteiger partial charge in [-0.05, 0) is 44.5 Å². The molecule has 0 fully saturated rings. The average Bonchev–Trinajstić information content (AvgIpc) is 2.49. The van der Waals surface area contributed by atoms with Gasteiger partial charge in [-0.25, -0.2) is 9.97 Å². The Bertz CT molecular complexity index is 596. The molecule has 0 radical (unpaired) electrons. The van der Waals surface area contributed by atoms with Crippen molar-refractivity contribution >= 4 is 17.3 Å². The van der Waals surface area contributed by atoms with E-state index in [4.69, 9.17) is 4.74 Å². The van der Waals surface area contributed by atoms with Crippen LogP contribution in [-0.4, -0.2) is 23.6 Å². The number of nitrogens with zero attached hydrogens (tertiary/aromatic N) is 2. The number of ether oxygens (including phenoxy) is 1. The first-order chi connectivity index (χ1) is 10.1. The van der Waals surface area contributed by atoms with Crippen molar-refractivity contribution < 1.29 is 4.74 Å². The molecule has 2 rings (SSSR count). The summed E-state index contributed by atoms with van der Waals surface area (Å²) in [5.74, 6) is 3.27. The number of rotatable bonds is 6. The third kappa shape index (κ3) is 3.84. The summed E-state index contributed by atoms with van der Waals surface area (Å²) in [6.07, 6.45) is 1.01. The smallest absolute Gasteiger partial charge is 0.139 e. The van der Waals surface area contributed by atoms with Crippen LogP contribution in [0.5, 0.6) is 5.75 Å². The van der Waals surface area contributed by atoms with Crippen molar-refractivity contribution in [1.82, 2.24) is 9.97 Å². The molecule has 112 valence electrons. The summed E-state index contributed by atoms with van der Waals surface area (Å²) in [7, 11) is 1.86. The summed E-state index contributed by atoms with van der Waals surface area (Å²) in [6.45, 7) is 6.71. The van der Waals surface area contributed by atoms with Gasteiger partial charge in [0.05, 0.1) is 6.61 Å². The lowest BCUT2D eigenvalue weighted by molar-refractivity contribution is 0.317. The second-order valence-corrected chi connectivity index (χ2v) is 4.84. The molecule has 0 saturated heterocycles. The average molecular weight is 286 g/mol. The number of benzene rings is 1. The van der Waals surface area contributed by atoms with Crippen LogP contribution in [0.15, 0.2) is 24.3 Å². The van der Waals surface area contributed by atoms with Crippen LogP contribution in [0.1, 0.15) is 24.7 Å². The summed E-state index contributed by atoms with van der Waals surface area (Å²) in [5.41, 5.74) is 1.97. The van der Waals surface area contributed by atoms with Crippen molar-refractivity contribution in [3.05, 3.63) is 35.7 Å². The van der Waals surface area contributed by atoms with Crippen LogP contribution in [0.2, 0.25) is 0 Å². The highest BCUT2D eigenvalue weighted by Crippen LogP contribution is 2.24. The van der Waals surface area contributed by atoms with Gasteiger partial charge in [0, 0.05) is 18.3 Å². The SMILES string of the molecule is CCCOc1ccc(Nc2nc(C)nc(NC)c2C)cc1. The van der Waals surface area contributed by atoms with Crippen LogP contribution in [0, 0.1) is 13.8 Å². The fraction of sp³-hybridized carbons (Fsp3) is 0.375. The first kappa shape index (κ1) is 15.1. The Balaban J connectivity index is 2.16. The van der Waals surface area contributed by atoms with Gasteiger partial charge in [-0.3, -0.25) is 0 Å². The Kier molecular flexibility index (Phi) is 4.98. The Morgan fingerprint density at radius 1 is 1.05 bits per heavy atom. The van der Waals surface area contributed by atoms with Crippen molar-refractivity contribution in [2.45, 2.75) is 27.2 Å². The zero-order valence-electron chi connectivity index (χ0n) is 13.0. The maximum Gasteiger partial charge on any atom is 0.139 e. The van der Waals surface area contributed by atoms with E-state index in [2.05, 4.69) is 27.5 Å². The summed E-state index contributed by atoms with van der Waals surface area (Å²) in [4.78, 5) is 8.81. The molecule has 2 N–H and O–H groups in total. The lowest BCUT2D eigenvalue weighted by Gasteiger charge is -2.13. The van der Waals surface area contributed by atoms with E-state index < -0.39 is 0 Å². The van der Waals surface area contributed by atoms with Crippen molar-refractivity contribution in [1.29, 1.82) is 0 Å². The number of aromatic nitrogens is 2. The van der Waals surface area contributed by atoms with Gasteiger partial charge in [-0.2, -0.15) is 0 Å². The zero-order chi connectivity index (χ0) is 15.2. The third-order valence-electron chi connectivity index (χ3n) is 3.08. The van der Waals surface area contributed by atoms with E-state index in [1.807, 2.05) is 45.2 Å². The largest absolute Gasteiger partial charge is 0.494 e. The Hall–Kier alpha value is -2.30. The number of aryl methyl sites for hydroxylation is 1. The maximum absolute atomic E-state index is 5.58. The topological polar surface area (TPSA) is 59.1 Å². The highest BCUT2D eigenvalue weighted by molar-refractivity contribution is 5.65. The van der Waals surface area contributed by atoms with Gasteiger partial charge in [0.2, 0.25) is 0 Å². The monoisotopic (exact) mass is 286 g/mol. The van der Waals surface area contributed by atoms with Gasteiger partial charge >= 0.3 is 0 Å². The molecule has 1 aromatic carbocycles. The van der Waals surface area contributed by atoms with Gasteiger partial charge in [0.1, 0.15) is 23.2 Å². The highest BCUT2D eigenvalue weighted by atomic mass is 16.5. The van der Waals surface area contributed by atoms with E-state index in [0.29, 0.717) is 0 Å². The lowest BCUT2D eigenvalue weighted by Crippen LogP contribution is -2.05. The molecule has 2 aromatic rings. The lowest BCUT2D eigenvalue weighted by atomic mass is 10.2. The normalized spacial score (nSPS) is 10.3.